The van der Waals surface area contributed by atoms with E-state index in [1.54, 1.807) is 6.08 Å². The highest BCUT2D eigenvalue weighted by Crippen LogP contribution is 2.59. The van der Waals surface area contributed by atoms with Crippen LogP contribution < -0.4 is 0 Å². The summed E-state index contributed by atoms with van der Waals surface area (Å²) in [6.07, 6.45) is -15.4. The third-order valence-electron chi connectivity index (χ3n) is 7.72. The molecule has 5 rings (SSSR count). The topological polar surface area (TPSA) is 241 Å². The van der Waals surface area contributed by atoms with Crippen LogP contribution in [-0.4, -0.2) is 151 Å². The second-order valence-corrected chi connectivity index (χ2v) is 9.76. The number of rotatable bonds is 7. The van der Waals surface area contributed by atoms with Crippen LogP contribution in [0.1, 0.15) is 0 Å². The molecule has 15 nitrogen and oxygen atoms in total. The summed E-state index contributed by atoms with van der Waals surface area (Å²) in [6.45, 7) is -1.59. The van der Waals surface area contributed by atoms with Crippen molar-refractivity contribution in [2.45, 2.75) is 85.5 Å². The van der Waals surface area contributed by atoms with Gasteiger partial charge in [-0.3, -0.25) is 0 Å². The number of fused-ring (bicyclic) bond motifs is 3. The van der Waals surface area contributed by atoms with Gasteiger partial charge in [0.2, 0.25) is 6.29 Å². The average molecular weight is 524 g/mol. The van der Waals surface area contributed by atoms with Crippen LogP contribution in [0.25, 0.3) is 0 Å². The molecular formula is C21H32O15. The van der Waals surface area contributed by atoms with E-state index in [1.807, 2.05) is 0 Å². The van der Waals surface area contributed by atoms with E-state index in [0.29, 0.717) is 0 Å². The highest BCUT2D eigenvalue weighted by molar-refractivity contribution is 5.24. The molecule has 4 aliphatic heterocycles. The quantitative estimate of drug-likeness (QED) is 0.141. The normalized spacial score (nSPS) is 56.1. The number of aliphatic hydroxyl groups excluding tert-OH is 9. The summed E-state index contributed by atoms with van der Waals surface area (Å²) >= 11 is 0. The van der Waals surface area contributed by atoms with Gasteiger partial charge in [0.15, 0.2) is 12.6 Å². The van der Waals surface area contributed by atoms with Gasteiger partial charge >= 0.3 is 0 Å². The molecule has 5 aliphatic rings. The molecule has 0 unspecified atom stereocenters. The van der Waals surface area contributed by atoms with Crippen molar-refractivity contribution in [3.05, 3.63) is 12.3 Å². The smallest absolute Gasteiger partial charge is 0.208 e. The minimum atomic E-state index is -1.74. The first-order chi connectivity index (χ1) is 17.1. The maximum atomic E-state index is 10.5. The number of hydrogen-bond acceptors (Lipinski definition) is 15. The Labute approximate surface area is 204 Å². The van der Waals surface area contributed by atoms with Gasteiger partial charge in [-0.2, -0.15) is 0 Å². The Morgan fingerprint density at radius 2 is 1.36 bits per heavy atom. The van der Waals surface area contributed by atoms with Crippen LogP contribution in [0.5, 0.6) is 0 Å². The van der Waals surface area contributed by atoms with Gasteiger partial charge in [-0.15, -0.1) is 0 Å². The second-order valence-electron chi connectivity index (χ2n) is 9.76. The molecule has 4 heterocycles. The minimum absolute atomic E-state index is 0.405. The Bertz CT molecular complexity index is 812. The molecule has 3 saturated heterocycles. The van der Waals surface area contributed by atoms with E-state index in [1.165, 1.54) is 6.26 Å². The largest absolute Gasteiger partial charge is 0.472 e. The van der Waals surface area contributed by atoms with Gasteiger partial charge in [0, 0.05) is 5.92 Å². The van der Waals surface area contributed by atoms with Crippen LogP contribution in [0.4, 0.5) is 0 Å². The molecule has 1 aliphatic carbocycles. The highest BCUT2D eigenvalue weighted by atomic mass is 16.8. The number of hydrogen-bond donors (Lipinski definition) is 9. The Morgan fingerprint density at radius 1 is 0.722 bits per heavy atom. The Morgan fingerprint density at radius 3 is 2.03 bits per heavy atom. The van der Waals surface area contributed by atoms with Gasteiger partial charge in [-0.1, -0.05) is 0 Å². The maximum absolute atomic E-state index is 10.5. The van der Waals surface area contributed by atoms with Crippen molar-refractivity contribution in [3.63, 3.8) is 0 Å². The van der Waals surface area contributed by atoms with Crippen molar-refractivity contribution in [1.82, 2.24) is 0 Å². The molecule has 0 aromatic carbocycles. The van der Waals surface area contributed by atoms with E-state index in [0.717, 1.165) is 0 Å². The summed E-state index contributed by atoms with van der Waals surface area (Å²) in [5, 5.41) is 90.8. The van der Waals surface area contributed by atoms with Crippen molar-refractivity contribution in [1.29, 1.82) is 0 Å². The first kappa shape index (κ1) is 26.6. The fourth-order valence-electron chi connectivity index (χ4n) is 5.56. The molecule has 15 heteroatoms. The predicted octanol–water partition coefficient (Wildman–Crippen LogP) is -5.77. The SMILES string of the molecule is OC[C@H]1O[C@H](OC[C@H]2O[C@@H](O[C@@H]3OC=C[C@H]4[C@H](O)[C@@H]5O[C@]5(CO)[C@@H]34)[C@H](O)[C@@H](O)[C@@H]2O)[C@H](O)[C@@H](O)[C@H]1O. The van der Waals surface area contributed by atoms with Crippen molar-refractivity contribution >= 4 is 0 Å². The summed E-state index contributed by atoms with van der Waals surface area (Å²) in [7, 11) is 0. The van der Waals surface area contributed by atoms with Gasteiger partial charge in [-0.25, -0.2) is 0 Å². The summed E-state index contributed by atoms with van der Waals surface area (Å²) in [5.41, 5.74) is -1.09. The minimum Gasteiger partial charge on any atom is -0.472 e. The molecule has 4 fully saturated rings. The predicted molar refractivity (Wildman–Crippen MR) is 109 cm³/mol. The third kappa shape index (κ3) is 4.17. The van der Waals surface area contributed by atoms with E-state index in [2.05, 4.69) is 0 Å². The number of ether oxygens (including phenoxy) is 6. The first-order valence-electron chi connectivity index (χ1n) is 11.7. The molecule has 0 amide bonds. The fourth-order valence-corrected chi connectivity index (χ4v) is 5.56. The number of aliphatic hydroxyl groups is 9. The molecule has 0 aromatic rings. The molecule has 206 valence electrons. The molecule has 0 radical (unpaired) electrons. The highest BCUT2D eigenvalue weighted by Gasteiger charge is 2.75. The lowest BCUT2D eigenvalue weighted by atomic mass is 9.85. The van der Waals surface area contributed by atoms with Crippen LogP contribution in [0.3, 0.4) is 0 Å². The van der Waals surface area contributed by atoms with Crippen LogP contribution in [0.2, 0.25) is 0 Å². The lowest BCUT2D eigenvalue weighted by Crippen LogP contribution is -2.62. The van der Waals surface area contributed by atoms with Gasteiger partial charge in [0.1, 0.15) is 60.5 Å². The van der Waals surface area contributed by atoms with Gasteiger partial charge in [0.25, 0.3) is 0 Å². The summed E-state index contributed by atoms with van der Waals surface area (Å²) in [5.74, 6) is -1.12. The molecule has 0 aromatic heterocycles. The second kappa shape index (κ2) is 9.94. The summed E-state index contributed by atoms with van der Waals surface area (Å²) in [6, 6.07) is 0. The van der Waals surface area contributed by atoms with E-state index < -0.39 is 117 Å². The van der Waals surface area contributed by atoms with Crippen LogP contribution >= 0.6 is 0 Å². The maximum Gasteiger partial charge on any atom is 0.208 e. The summed E-state index contributed by atoms with van der Waals surface area (Å²) in [4.78, 5) is 0. The zero-order valence-electron chi connectivity index (χ0n) is 18.9. The first-order valence-corrected chi connectivity index (χ1v) is 11.7. The van der Waals surface area contributed by atoms with Crippen LogP contribution in [0, 0.1) is 11.8 Å². The Balaban J connectivity index is 1.25. The van der Waals surface area contributed by atoms with Crippen LogP contribution in [0.15, 0.2) is 12.3 Å². The van der Waals surface area contributed by atoms with E-state index in [4.69, 9.17) is 28.4 Å². The summed E-state index contributed by atoms with van der Waals surface area (Å²) < 4.78 is 33.1. The van der Waals surface area contributed by atoms with E-state index in [9.17, 15) is 46.0 Å². The molecule has 36 heavy (non-hydrogen) atoms. The van der Waals surface area contributed by atoms with Gasteiger partial charge < -0.3 is 74.4 Å². The molecule has 0 spiro atoms. The molecule has 1 saturated carbocycles. The van der Waals surface area contributed by atoms with Gasteiger partial charge in [0.05, 0.1) is 38.1 Å². The fraction of sp³-hybridized carbons (Fsp3) is 0.905. The van der Waals surface area contributed by atoms with Crippen LogP contribution in [-0.2, 0) is 28.4 Å². The average Bonchev–Trinajstić information content (AvgIpc) is 3.57. The van der Waals surface area contributed by atoms with Crippen molar-refractivity contribution < 1.29 is 74.4 Å². The van der Waals surface area contributed by atoms with Crippen molar-refractivity contribution in [2.75, 3.05) is 19.8 Å². The Hall–Kier alpha value is -1.02. The van der Waals surface area contributed by atoms with Gasteiger partial charge in [-0.05, 0) is 6.08 Å². The van der Waals surface area contributed by atoms with E-state index >= 15 is 0 Å². The standard InChI is InChI=1S/C21H32O15/c22-3-7-11(25)13(27)15(29)19(33-7)32-4-8-12(26)14(28)16(30)20(34-8)35-18-9-6(1-2-31-18)10(24)17-21(9,5-23)36-17/h1-2,6-20,22-30H,3-5H2/t6-,7-,8-,9-,10+,11+,12-,13+,14+,15-,16-,17+,18+,19+,20+,21-/m1/s1. The lowest BCUT2D eigenvalue weighted by molar-refractivity contribution is -0.355. The van der Waals surface area contributed by atoms with Crippen molar-refractivity contribution in [3.8, 4) is 0 Å². The zero-order valence-corrected chi connectivity index (χ0v) is 18.9. The molecular weight excluding hydrogens is 492 g/mol. The Kier molecular flexibility index (Phi) is 7.34. The lowest BCUT2D eigenvalue weighted by Gasteiger charge is -2.44. The van der Waals surface area contributed by atoms with Crippen molar-refractivity contribution in [2.24, 2.45) is 11.8 Å². The zero-order chi connectivity index (χ0) is 25.9. The number of epoxide rings is 1. The molecule has 0 bridgehead atoms. The third-order valence-corrected chi connectivity index (χ3v) is 7.72. The molecule has 16 atom stereocenters. The monoisotopic (exact) mass is 524 g/mol. The molecule has 9 N–H and O–H groups in total. The van der Waals surface area contributed by atoms with E-state index in [-0.39, 0.29) is 0 Å².